The Kier molecular flexibility index (Phi) is 3.02. The molecule has 0 spiro atoms. The van der Waals surface area contributed by atoms with Crippen LogP contribution in [0.3, 0.4) is 0 Å². The third-order valence-electron chi connectivity index (χ3n) is 3.15. The number of pyridine rings is 1. The van der Waals surface area contributed by atoms with Crippen LogP contribution >= 0.6 is 11.8 Å². The predicted molar refractivity (Wildman–Crippen MR) is 79.3 cm³/mol. The molecular formula is C16H12N2S. The topological polar surface area (TPSA) is 28.2 Å². The van der Waals surface area contributed by atoms with Crippen LogP contribution < -0.4 is 0 Å². The molecule has 2 nitrogen and oxygen atoms in total. The van der Waals surface area contributed by atoms with E-state index in [1.54, 1.807) is 11.8 Å². The molecule has 3 rings (SSSR count). The molecule has 0 aliphatic rings. The molecule has 3 heteroatoms. The minimum Gasteiger partial charge on any atom is -0.300 e. The SMILES string of the molecule is CSc1cc2cccc(-c3ccccc3)n2c1C#N. The molecular weight excluding hydrogens is 252 g/mol. The molecule has 0 saturated carbocycles. The van der Waals surface area contributed by atoms with E-state index >= 15 is 0 Å². The van der Waals surface area contributed by atoms with Crippen LogP contribution in [0.15, 0.2) is 59.5 Å². The van der Waals surface area contributed by atoms with Gasteiger partial charge in [-0.3, -0.25) is 4.40 Å². The van der Waals surface area contributed by atoms with Crippen LogP contribution in [0.1, 0.15) is 5.69 Å². The Labute approximate surface area is 116 Å². The van der Waals surface area contributed by atoms with Crippen molar-refractivity contribution in [2.75, 3.05) is 6.26 Å². The highest BCUT2D eigenvalue weighted by molar-refractivity contribution is 7.98. The summed E-state index contributed by atoms with van der Waals surface area (Å²) < 4.78 is 2.03. The zero-order chi connectivity index (χ0) is 13.2. The molecule has 2 aromatic heterocycles. The standard InChI is InChI=1S/C16H12N2S/c1-19-16-10-13-8-5-9-14(18(13)15(16)11-17)12-6-3-2-4-7-12/h2-10H,1H3. The van der Waals surface area contributed by atoms with Crippen molar-refractivity contribution >= 4 is 17.3 Å². The minimum atomic E-state index is 0.710. The van der Waals surface area contributed by atoms with Crippen molar-refractivity contribution in [2.45, 2.75) is 4.90 Å². The van der Waals surface area contributed by atoms with Crippen molar-refractivity contribution in [3.05, 3.63) is 60.3 Å². The molecule has 0 radical (unpaired) electrons. The van der Waals surface area contributed by atoms with Crippen molar-refractivity contribution in [1.82, 2.24) is 4.40 Å². The van der Waals surface area contributed by atoms with E-state index in [2.05, 4.69) is 24.3 Å². The van der Waals surface area contributed by atoms with Gasteiger partial charge in [0.2, 0.25) is 0 Å². The van der Waals surface area contributed by atoms with Gasteiger partial charge in [0.15, 0.2) is 0 Å². The van der Waals surface area contributed by atoms with Crippen molar-refractivity contribution in [2.24, 2.45) is 0 Å². The highest BCUT2D eigenvalue weighted by Crippen LogP contribution is 2.29. The molecule has 2 heterocycles. The quantitative estimate of drug-likeness (QED) is 0.649. The summed E-state index contributed by atoms with van der Waals surface area (Å²) in [4.78, 5) is 1.02. The maximum Gasteiger partial charge on any atom is 0.139 e. The van der Waals surface area contributed by atoms with Crippen molar-refractivity contribution < 1.29 is 0 Å². The Morgan fingerprint density at radius 1 is 1.05 bits per heavy atom. The van der Waals surface area contributed by atoms with Gasteiger partial charge >= 0.3 is 0 Å². The predicted octanol–water partition coefficient (Wildman–Crippen LogP) is 4.20. The van der Waals surface area contributed by atoms with Gasteiger partial charge in [0.1, 0.15) is 11.8 Å². The van der Waals surface area contributed by atoms with Gasteiger partial charge in [-0.1, -0.05) is 36.4 Å². The molecule has 0 N–H and O–H groups in total. The molecule has 1 aromatic carbocycles. The molecule has 0 amide bonds. The molecule has 0 aliphatic carbocycles. The number of benzene rings is 1. The Balaban J connectivity index is 2.38. The van der Waals surface area contributed by atoms with Gasteiger partial charge in [0.25, 0.3) is 0 Å². The van der Waals surface area contributed by atoms with Crippen LogP contribution in [0.25, 0.3) is 16.8 Å². The fraction of sp³-hybridized carbons (Fsp3) is 0.0625. The van der Waals surface area contributed by atoms with Crippen molar-refractivity contribution in [3.8, 4) is 17.3 Å². The summed E-state index contributed by atoms with van der Waals surface area (Å²) in [6, 6.07) is 20.7. The second-order valence-electron chi connectivity index (χ2n) is 4.21. The van der Waals surface area contributed by atoms with Crippen LogP contribution in [-0.4, -0.2) is 10.7 Å². The number of rotatable bonds is 2. The number of hydrogen-bond acceptors (Lipinski definition) is 2. The molecule has 0 saturated heterocycles. The lowest BCUT2D eigenvalue weighted by molar-refractivity contribution is 1.14. The van der Waals surface area contributed by atoms with Crippen LogP contribution in [-0.2, 0) is 0 Å². The average molecular weight is 264 g/mol. The lowest BCUT2D eigenvalue weighted by atomic mass is 10.1. The second kappa shape index (κ2) is 4.83. The van der Waals surface area contributed by atoms with E-state index in [0.29, 0.717) is 5.69 Å². The summed E-state index contributed by atoms with van der Waals surface area (Å²) in [5.74, 6) is 0. The average Bonchev–Trinajstić information content (AvgIpc) is 2.85. The number of hydrogen-bond donors (Lipinski definition) is 0. The van der Waals surface area contributed by atoms with Gasteiger partial charge in [-0.25, -0.2) is 0 Å². The smallest absolute Gasteiger partial charge is 0.139 e. The fourth-order valence-electron chi connectivity index (χ4n) is 2.30. The molecule has 92 valence electrons. The van der Waals surface area contributed by atoms with E-state index in [0.717, 1.165) is 21.7 Å². The first kappa shape index (κ1) is 11.9. The Morgan fingerprint density at radius 3 is 2.53 bits per heavy atom. The summed E-state index contributed by atoms with van der Waals surface area (Å²) in [7, 11) is 0. The number of fused-ring (bicyclic) bond motifs is 1. The first-order chi connectivity index (χ1) is 9.35. The van der Waals surface area contributed by atoms with Crippen LogP contribution in [0.2, 0.25) is 0 Å². The lowest BCUT2D eigenvalue weighted by Gasteiger charge is -2.07. The zero-order valence-corrected chi connectivity index (χ0v) is 11.3. The Bertz CT molecular complexity index is 767. The maximum absolute atomic E-state index is 9.42. The Hall–Kier alpha value is -2.18. The maximum atomic E-state index is 9.42. The summed E-state index contributed by atoms with van der Waals surface area (Å²) in [5.41, 5.74) is 3.94. The molecule has 0 aliphatic heterocycles. The Morgan fingerprint density at radius 2 is 1.84 bits per heavy atom. The van der Waals surface area contributed by atoms with E-state index in [4.69, 9.17) is 0 Å². The third-order valence-corrected chi connectivity index (χ3v) is 3.90. The largest absolute Gasteiger partial charge is 0.300 e. The first-order valence-corrected chi connectivity index (χ1v) is 7.21. The molecule has 19 heavy (non-hydrogen) atoms. The third kappa shape index (κ3) is 1.91. The van der Waals surface area contributed by atoms with Crippen molar-refractivity contribution in [1.29, 1.82) is 5.26 Å². The highest BCUT2D eigenvalue weighted by Gasteiger charge is 2.12. The molecule has 3 aromatic rings. The zero-order valence-electron chi connectivity index (χ0n) is 10.5. The van der Waals surface area contributed by atoms with Gasteiger partial charge < -0.3 is 0 Å². The van der Waals surface area contributed by atoms with Gasteiger partial charge in [0, 0.05) is 10.4 Å². The summed E-state index contributed by atoms with van der Waals surface area (Å²) in [6.07, 6.45) is 2.00. The molecule has 0 unspecified atom stereocenters. The van der Waals surface area contributed by atoms with E-state index in [1.165, 1.54) is 0 Å². The van der Waals surface area contributed by atoms with Gasteiger partial charge in [0.05, 0.1) is 5.69 Å². The molecule has 0 atom stereocenters. The summed E-state index contributed by atoms with van der Waals surface area (Å²) in [6.45, 7) is 0. The van der Waals surface area contributed by atoms with E-state index in [1.807, 2.05) is 47.1 Å². The fourth-order valence-corrected chi connectivity index (χ4v) is 2.86. The number of nitrogens with zero attached hydrogens (tertiary/aromatic N) is 2. The van der Waals surface area contributed by atoms with Crippen LogP contribution in [0, 0.1) is 11.3 Å². The number of aromatic nitrogens is 1. The van der Waals surface area contributed by atoms with Crippen LogP contribution in [0.5, 0.6) is 0 Å². The van der Waals surface area contributed by atoms with E-state index < -0.39 is 0 Å². The normalized spacial score (nSPS) is 10.5. The lowest BCUT2D eigenvalue weighted by Crippen LogP contribution is -1.94. The first-order valence-electron chi connectivity index (χ1n) is 5.99. The summed E-state index contributed by atoms with van der Waals surface area (Å²) in [5, 5.41) is 9.42. The number of thioether (sulfide) groups is 1. The van der Waals surface area contributed by atoms with E-state index in [-0.39, 0.29) is 0 Å². The number of nitriles is 1. The van der Waals surface area contributed by atoms with E-state index in [9.17, 15) is 5.26 Å². The minimum absolute atomic E-state index is 0.710. The molecule has 0 bridgehead atoms. The molecule has 0 fully saturated rings. The summed E-state index contributed by atoms with van der Waals surface area (Å²) >= 11 is 1.61. The highest BCUT2D eigenvalue weighted by atomic mass is 32.2. The monoisotopic (exact) mass is 264 g/mol. The van der Waals surface area contributed by atoms with Gasteiger partial charge in [-0.15, -0.1) is 11.8 Å². The van der Waals surface area contributed by atoms with Crippen molar-refractivity contribution in [3.63, 3.8) is 0 Å². The van der Waals surface area contributed by atoms with Gasteiger partial charge in [-0.2, -0.15) is 5.26 Å². The van der Waals surface area contributed by atoms with Gasteiger partial charge in [-0.05, 0) is 30.0 Å². The second-order valence-corrected chi connectivity index (χ2v) is 5.06. The van der Waals surface area contributed by atoms with Crippen LogP contribution in [0.4, 0.5) is 0 Å².